The maximum atomic E-state index is 12.8. The molecule has 7 heteroatoms. The quantitative estimate of drug-likeness (QED) is 0.902. The molecule has 0 saturated carbocycles. The van der Waals surface area contributed by atoms with Crippen molar-refractivity contribution in [2.45, 2.75) is 39.5 Å². The molecule has 1 saturated heterocycles. The molecule has 0 aliphatic carbocycles. The summed E-state index contributed by atoms with van der Waals surface area (Å²) >= 11 is 0. The predicted molar refractivity (Wildman–Crippen MR) is 94.3 cm³/mol. The van der Waals surface area contributed by atoms with Crippen LogP contribution in [0.1, 0.15) is 34.2 Å². The standard InChI is InChI=1S/C19H23N3O4/c1-11-7-5-6-8-14(11)17-18(25-10-16(23)22(17)4)19(24)20-9-15-12(2)21-26-13(15)3/h5-8,17-18H,9-10H2,1-4H3,(H,20,24)/t17-,18+/m1/s1. The van der Waals surface area contributed by atoms with Gasteiger partial charge in [-0.2, -0.15) is 0 Å². The number of morpholine rings is 1. The van der Waals surface area contributed by atoms with Crippen LogP contribution in [0.25, 0.3) is 0 Å². The van der Waals surface area contributed by atoms with Crippen LogP contribution in [0.5, 0.6) is 0 Å². The van der Waals surface area contributed by atoms with Crippen molar-refractivity contribution in [3.05, 3.63) is 52.4 Å². The zero-order valence-electron chi connectivity index (χ0n) is 15.4. The average molecular weight is 357 g/mol. The fourth-order valence-corrected chi connectivity index (χ4v) is 3.25. The number of hydrogen-bond acceptors (Lipinski definition) is 5. The Labute approximate surface area is 152 Å². The minimum atomic E-state index is -0.778. The summed E-state index contributed by atoms with van der Waals surface area (Å²) in [6.07, 6.45) is -0.778. The summed E-state index contributed by atoms with van der Waals surface area (Å²) in [6.45, 7) is 5.79. The molecule has 1 aliphatic heterocycles. The molecule has 2 heterocycles. The lowest BCUT2D eigenvalue weighted by Gasteiger charge is -2.38. The molecule has 1 aromatic heterocycles. The van der Waals surface area contributed by atoms with Crippen molar-refractivity contribution in [3.8, 4) is 0 Å². The number of carbonyl (C=O) groups excluding carboxylic acids is 2. The second kappa shape index (κ2) is 7.29. The van der Waals surface area contributed by atoms with Gasteiger partial charge >= 0.3 is 0 Å². The molecule has 7 nitrogen and oxygen atoms in total. The Hall–Kier alpha value is -2.67. The smallest absolute Gasteiger partial charge is 0.251 e. The molecule has 2 atom stereocenters. The first-order chi connectivity index (χ1) is 12.4. The molecule has 1 aromatic carbocycles. The minimum absolute atomic E-state index is 0.109. The number of hydrogen-bond donors (Lipinski definition) is 1. The van der Waals surface area contributed by atoms with E-state index >= 15 is 0 Å². The number of nitrogens with zero attached hydrogens (tertiary/aromatic N) is 2. The van der Waals surface area contributed by atoms with Gasteiger partial charge in [0, 0.05) is 19.2 Å². The maximum absolute atomic E-state index is 12.8. The number of benzene rings is 1. The monoisotopic (exact) mass is 357 g/mol. The summed E-state index contributed by atoms with van der Waals surface area (Å²) in [6, 6.07) is 7.24. The van der Waals surface area contributed by atoms with Crippen LogP contribution < -0.4 is 5.32 Å². The normalized spacial score (nSPS) is 20.3. The number of amides is 2. The van der Waals surface area contributed by atoms with Gasteiger partial charge in [-0.25, -0.2) is 0 Å². The van der Waals surface area contributed by atoms with Gasteiger partial charge in [-0.1, -0.05) is 29.4 Å². The van der Waals surface area contributed by atoms with E-state index in [0.717, 1.165) is 22.4 Å². The molecule has 0 bridgehead atoms. The number of carbonyl (C=O) groups is 2. The van der Waals surface area contributed by atoms with Gasteiger partial charge in [0.2, 0.25) is 5.91 Å². The molecular formula is C19H23N3O4. The van der Waals surface area contributed by atoms with Crippen LogP contribution in [0, 0.1) is 20.8 Å². The van der Waals surface area contributed by atoms with Gasteiger partial charge in [0.15, 0.2) is 6.10 Å². The lowest BCUT2D eigenvalue weighted by Crippen LogP contribution is -2.53. The van der Waals surface area contributed by atoms with E-state index in [1.165, 1.54) is 0 Å². The molecule has 3 rings (SSSR count). The molecule has 1 fully saturated rings. The lowest BCUT2D eigenvalue weighted by molar-refractivity contribution is -0.162. The van der Waals surface area contributed by atoms with Gasteiger partial charge in [0.25, 0.3) is 5.91 Å². The summed E-state index contributed by atoms with van der Waals surface area (Å²) < 4.78 is 10.8. The summed E-state index contributed by atoms with van der Waals surface area (Å²) in [7, 11) is 1.70. The van der Waals surface area contributed by atoms with Gasteiger partial charge in [-0.3, -0.25) is 9.59 Å². The van der Waals surface area contributed by atoms with Crippen molar-refractivity contribution in [2.75, 3.05) is 13.7 Å². The zero-order valence-corrected chi connectivity index (χ0v) is 15.4. The Bertz CT molecular complexity index is 810. The third-order valence-electron chi connectivity index (χ3n) is 4.87. The van der Waals surface area contributed by atoms with Gasteiger partial charge in [0.1, 0.15) is 12.4 Å². The minimum Gasteiger partial charge on any atom is -0.361 e. The number of aromatic nitrogens is 1. The van der Waals surface area contributed by atoms with Crippen LogP contribution in [-0.2, 0) is 20.9 Å². The average Bonchev–Trinajstić information content (AvgIpc) is 2.94. The van der Waals surface area contributed by atoms with E-state index in [2.05, 4.69) is 10.5 Å². The largest absolute Gasteiger partial charge is 0.361 e. The van der Waals surface area contributed by atoms with Crippen LogP contribution in [0.4, 0.5) is 0 Å². The maximum Gasteiger partial charge on any atom is 0.251 e. The van der Waals surface area contributed by atoms with E-state index in [1.807, 2.05) is 38.1 Å². The highest BCUT2D eigenvalue weighted by Crippen LogP contribution is 2.31. The summed E-state index contributed by atoms with van der Waals surface area (Å²) in [5, 5.41) is 6.78. The van der Waals surface area contributed by atoms with E-state index in [4.69, 9.17) is 9.26 Å². The molecular weight excluding hydrogens is 334 g/mol. The van der Waals surface area contributed by atoms with Crippen molar-refractivity contribution in [1.29, 1.82) is 0 Å². The van der Waals surface area contributed by atoms with E-state index < -0.39 is 12.1 Å². The van der Waals surface area contributed by atoms with Gasteiger partial charge in [0.05, 0.1) is 11.7 Å². The highest BCUT2D eigenvalue weighted by Gasteiger charge is 2.40. The number of aryl methyl sites for hydroxylation is 3. The highest BCUT2D eigenvalue weighted by molar-refractivity contribution is 5.86. The van der Waals surface area contributed by atoms with Gasteiger partial charge in [-0.15, -0.1) is 0 Å². The SMILES string of the molecule is Cc1ccccc1[C@@H]1[C@@H](C(=O)NCc2c(C)noc2C)OCC(=O)N1C. The van der Waals surface area contributed by atoms with E-state index in [0.29, 0.717) is 12.3 Å². The molecule has 0 spiro atoms. The zero-order chi connectivity index (χ0) is 18.8. The first-order valence-corrected chi connectivity index (χ1v) is 8.52. The fourth-order valence-electron chi connectivity index (χ4n) is 3.25. The van der Waals surface area contributed by atoms with Crippen LogP contribution in [0.2, 0.25) is 0 Å². The van der Waals surface area contributed by atoms with E-state index in [-0.39, 0.29) is 18.4 Å². The van der Waals surface area contributed by atoms with E-state index in [1.54, 1.807) is 18.9 Å². The fraction of sp³-hybridized carbons (Fsp3) is 0.421. The van der Waals surface area contributed by atoms with Gasteiger partial charge in [-0.05, 0) is 31.9 Å². The predicted octanol–water partition coefficient (Wildman–Crippen LogP) is 1.81. The first-order valence-electron chi connectivity index (χ1n) is 8.52. The number of ether oxygens (including phenoxy) is 1. The Kier molecular flexibility index (Phi) is 5.08. The van der Waals surface area contributed by atoms with E-state index in [9.17, 15) is 9.59 Å². The van der Waals surface area contributed by atoms with Crippen LogP contribution in [0.3, 0.4) is 0 Å². The van der Waals surface area contributed by atoms with Crippen molar-refractivity contribution in [3.63, 3.8) is 0 Å². The number of rotatable bonds is 4. The molecule has 138 valence electrons. The number of nitrogens with one attached hydrogen (secondary N) is 1. The Balaban J connectivity index is 1.82. The number of likely N-dealkylation sites (N-methyl/N-ethyl adjacent to an activating group) is 1. The Morgan fingerprint density at radius 3 is 2.69 bits per heavy atom. The van der Waals surface area contributed by atoms with Crippen molar-refractivity contribution in [1.82, 2.24) is 15.4 Å². The Morgan fingerprint density at radius 1 is 1.31 bits per heavy atom. The lowest BCUT2D eigenvalue weighted by atomic mass is 9.94. The summed E-state index contributed by atoms with van der Waals surface area (Å²) in [5.41, 5.74) is 3.51. The second-order valence-electron chi connectivity index (χ2n) is 6.56. The molecule has 1 aliphatic rings. The van der Waals surface area contributed by atoms with Crippen LogP contribution in [-0.4, -0.2) is 41.6 Å². The molecule has 26 heavy (non-hydrogen) atoms. The molecule has 2 aromatic rings. The molecule has 0 unspecified atom stereocenters. The van der Waals surface area contributed by atoms with Crippen molar-refractivity contribution >= 4 is 11.8 Å². The van der Waals surface area contributed by atoms with Crippen LogP contribution in [0.15, 0.2) is 28.8 Å². The summed E-state index contributed by atoms with van der Waals surface area (Å²) in [4.78, 5) is 26.6. The van der Waals surface area contributed by atoms with Gasteiger partial charge < -0.3 is 19.5 Å². The van der Waals surface area contributed by atoms with Crippen molar-refractivity contribution in [2.24, 2.45) is 0 Å². The molecule has 1 N–H and O–H groups in total. The second-order valence-corrected chi connectivity index (χ2v) is 6.56. The Morgan fingerprint density at radius 2 is 2.04 bits per heavy atom. The summed E-state index contributed by atoms with van der Waals surface area (Å²) in [5.74, 6) is 0.265. The molecule has 0 radical (unpaired) electrons. The first kappa shape index (κ1) is 18.1. The third-order valence-corrected chi connectivity index (χ3v) is 4.87. The third kappa shape index (κ3) is 3.35. The van der Waals surface area contributed by atoms with Crippen molar-refractivity contribution < 1.29 is 18.8 Å². The topological polar surface area (TPSA) is 84.7 Å². The van der Waals surface area contributed by atoms with Crippen LogP contribution >= 0.6 is 0 Å². The highest BCUT2D eigenvalue weighted by atomic mass is 16.5. The molecule has 2 amide bonds.